The summed E-state index contributed by atoms with van der Waals surface area (Å²) in [6.07, 6.45) is 2.29. The van der Waals surface area contributed by atoms with Crippen LogP contribution in [0.5, 0.6) is 0 Å². The molecule has 2 aromatic rings. The van der Waals surface area contributed by atoms with Crippen LogP contribution in [-0.2, 0) is 12.8 Å². The fourth-order valence-corrected chi connectivity index (χ4v) is 2.93. The van der Waals surface area contributed by atoms with Gasteiger partial charge in [-0.3, -0.25) is 0 Å². The molecule has 0 aliphatic rings. The van der Waals surface area contributed by atoms with E-state index in [4.69, 9.17) is 0 Å². The van der Waals surface area contributed by atoms with Gasteiger partial charge in [0.15, 0.2) is 0 Å². The minimum absolute atomic E-state index is 0.0588. The van der Waals surface area contributed by atoms with Crippen molar-refractivity contribution in [1.29, 1.82) is 0 Å². The van der Waals surface area contributed by atoms with E-state index in [0.29, 0.717) is 12.0 Å². The Morgan fingerprint density at radius 2 is 2.15 bits per heavy atom. The van der Waals surface area contributed by atoms with Crippen LogP contribution in [0, 0.1) is 11.6 Å². The van der Waals surface area contributed by atoms with Crippen LogP contribution in [0.4, 0.5) is 8.78 Å². The highest BCUT2D eigenvalue weighted by Gasteiger charge is 2.19. The number of likely N-dealkylation sites (N-methyl/N-ethyl adjacent to an activating group) is 1. The first kappa shape index (κ1) is 15.0. The van der Waals surface area contributed by atoms with Crippen molar-refractivity contribution >= 4 is 11.5 Å². The van der Waals surface area contributed by atoms with Gasteiger partial charge in [0.1, 0.15) is 11.6 Å². The quantitative estimate of drug-likeness (QED) is 0.889. The summed E-state index contributed by atoms with van der Waals surface area (Å²) >= 11 is 1.33. The number of halogens is 2. The van der Waals surface area contributed by atoms with Crippen LogP contribution in [-0.4, -0.2) is 16.6 Å². The van der Waals surface area contributed by atoms with E-state index in [-0.39, 0.29) is 6.04 Å². The molecule has 0 aliphatic carbocycles. The molecule has 0 saturated heterocycles. The van der Waals surface area contributed by atoms with Crippen LogP contribution >= 0.6 is 11.5 Å². The molecule has 0 fully saturated rings. The maximum atomic E-state index is 13.7. The van der Waals surface area contributed by atoms with E-state index < -0.39 is 11.6 Å². The first-order valence-corrected chi connectivity index (χ1v) is 7.35. The Morgan fingerprint density at radius 3 is 2.80 bits per heavy atom. The van der Waals surface area contributed by atoms with Crippen LogP contribution in [0.2, 0.25) is 0 Å². The van der Waals surface area contributed by atoms with Crippen molar-refractivity contribution in [2.24, 2.45) is 0 Å². The SMILES string of the molecule is CCCc1nnsc1C(Cc1ccc(F)cc1F)NC. The van der Waals surface area contributed by atoms with Crippen molar-refractivity contribution in [1.82, 2.24) is 14.9 Å². The summed E-state index contributed by atoms with van der Waals surface area (Å²) in [5, 5.41) is 7.29. The van der Waals surface area contributed by atoms with E-state index in [2.05, 4.69) is 21.8 Å². The van der Waals surface area contributed by atoms with Crippen molar-refractivity contribution in [3.8, 4) is 0 Å². The Labute approximate surface area is 121 Å². The number of hydrogen-bond donors (Lipinski definition) is 1. The molecule has 0 bridgehead atoms. The predicted octanol–water partition coefficient (Wildman–Crippen LogP) is 3.27. The monoisotopic (exact) mass is 297 g/mol. The number of aromatic nitrogens is 2. The summed E-state index contributed by atoms with van der Waals surface area (Å²) in [6.45, 7) is 2.08. The molecule has 0 amide bonds. The number of hydrogen-bond acceptors (Lipinski definition) is 4. The molecule has 2 rings (SSSR count). The Bertz CT molecular complexity index is 571. The smallest absolute Gasteiger partial charge is 0.129 e. The Balaban J connectivity index is 2.22. The number of rotatable bonds is 6. The molecule has 108 valence electrons. The van der Waals surface area contributed by atoms with E-state index in [1.54, 1.807) is 0 Å². The van der Waals surface area contributed by atoms with Crippen LogP contribution in [0.25, 0.3) is 0 Å². The average Bonchev–Trinajstić information content (AvgIpc) is 2.87. The lowest BCUT2D eigenvalue weighted by Gasteiger charge is -2.15. The second-order valence-corrected chi connectivity index (χ2v) is 5.40. The molecule has 3 nitrogen and oxygen atoms in total. The predicted molar refractivity (Wildman–Crippen MR) is 75.8 cm³/mol. The highest BCUT2D eigenvalue weighted by Crippen LogP contribution is 2.26. The largest absolute Gasteiger partial charge is 0.312 e. The molecule has 1 heterocycles. The van der Waals surface area contributed by atoms with Gasteiger partial charge in [0.05, 0.1) is 10.6 Å². The lowest BCUT2D eigenvalue weighted by molar-refractivity contribution is 0.541. The van der Waals surface area contributed by atoms with Crippen molar-refractivity contribution in [2.45, 2.75) is 32.2 Å². The summed E-state index contributed by atoms with van der Waals surface area (Å²) in [6, 6.07) is 3.63. The van der Waals surface area contributed by atoms with Crippen LogP contribution in [0.1, 0.15) is 35.5 Å². The summed E-state index contributed by atoms with van der Waals surface area (Å²) in [7, 11) is 1.82. The third kappa shape index (κ3) is 3.37. The van der Waals surface area contributed by atoms with Gasteiger partial charge in [0.2, 0.25) is 0 Å². The maximum Gasteiger partial charge on any atom is 0.129 e. The highest BCUT2D eigenvalue weighted by atomic mass is 32.1. The van der Waals surface area contributed by atoms with Crippen LogP contribution in [0.15, 0.2) is 18.2 Å². The summed E-state index contributed by atoms with van der Waals surface area (Å²) < 4.78 is 30.7. The summed E-state index contributed by atoms with van der Waals surface area (Å²) in [4.78, 5) is 1.03. The maximum absolute atomic E-state index is 13.7. The molecule has 1 atom stereocenters. The van der Waals surface area contributed by atoms with Gasteiger partial charge >= 0.3 is 0 Å². The molecule has 1 N–H and O–H groups in total. The molecule has 1 aromatic heterocycles. The molecule has 1 aromatic carbocycles. The van der Waals surface area contributed by atoms with Gasteiger partial charge in [-0.15, -0.1) is 5.10 Å². The molecule has 20 heavy (non-hydrogen) atoms. The lowest BCUT2D eigenvalue weighted by Crippen LogP contribution is -2.19. The fraction of sp³-hybridized carbons (Fsp3) is 0.429. The second-order valence-electron chi connectivity index (χ2n) is 4.61. The van der Waals surface area contributed by atoms with E-state index in [1.165, 1.54) is 23.7 Å². The molecule has 0 radical (unpaired) electrons. The summed E-state index contributed by atoms with van der Waals surface area (Å²) in [5.41, 5.74) is 1.45. The number of nitrogens with one attached hydrogen (secondary N) is 1. The Morgan fingerprint density at radius 1 is 1.35 bits per heavy atom. The van der Waals surface area contributed by atoms with Gasteiger partial charge in [-0.25, -0.2) is 8.78 Å². The topological polar surface area (TPSA) is 37.8 Å². The third-order valence-corrected chi connectivity index (χ3v) is 4.06. The van der Waals surface area contributed by atoms with Gasteiger partial charge in [-0.1, -0.05) is 23.9 Å². The molecule has 0 saturated carbocycles. The van der Waals surface area contributed by atoms with E-state index >= 15 is 0 Å². The second kappa shape index (κ2) is 6.85. The first-order valence-electron chi connectivity index (χ1n) is 6.58. The minimum Gasteiger partial charge on any atom is -0.312 e. The van der Waals surface area contributed by atoms with Gasteiger partial charge in [0.25, 0.3) is 0 Å². The van der Waals surface area contributed by atoms with Gasteiger partial charge in [-0.2, -0.15) is 0 Å². The number of nitrogens with zero attached hydrogens (tertiary/aromatic N) is 2. The van der Waals surface area contributed by atoms with Gasteiger partial charge in [-0.05, 0) is 43.1 Å². The zero-order valence-electron chi connectivity index (χ0n) is 11.5. The standard InChI is InChI=1S/C14H17F2N3S/c1-3-4-12-14(20-19-18-12)13(17-2)7-9-5-6-10(15)8-11(9)16/h5-6,8,13,17H,3-4,7H2,1-2H3. The number of aryl methyl sites for hydroxylation is 1. The van der Waals surface area contributed by atoms with E-state index in [0.717, 1.165) is 29.5 Å². The Kier molecular flexibility index (Phi) is 5.14. The van der Waals surface area contributed by atoms with Gasteiger partial charge in [0, 0.05) is 12.1 Å². The summed E-state index contributed by atoms with van der Waals surface area (Å²) in [5.74, 6) is -1.07. The molecular weight excluding hydrogens is 280 g/mol. The van der Waals surface area contributed by atoms with E-state index in [9.17, 15) is 8.78 Å². The van der Waals surface area contributed by atoms with Crippen LogP contribution in [0.3, 0.4) is 0 Å². The fourth-order valence-electron chi connectivity index (χ4n) is 2.12. The van der Waals surface area contributed by atoms with Crippen molar-refractivity contribution in [3.63, 3.8) is 0 Å². The average molecular weight is 297 g/mol. The van der Waals surface area contributed by atoms with Gasteiger partial charge < -0.3 is 5.32 Å². The Hall–Kier alpha value is -1.40. The molecular formula is C14H17F2N3S. The third-order valence-electron chi connectivity index (χ3n) is 3.18. The molecule has 6 heteroatoms. The van der Waals surface area contributed by atoms with Crippen molar-refractivity contribution in [2.75, 3.05) is 7.05 Å². The first-order chi connectivity index (χ1) is 9.65. The molecule has 0 aliphatic heterocycles. The highest BCUT2D eigenvalue weighted by molar-refractivity contribution is 7.05. The normalized spacial score (nSPS) is 12.6. The van der Waals surface area contributed by atoms with Crippen molar-refractivity contribution < 1.29 is 8.78 Å². The van der Waals surface area contributed by atoms with E-state index in [1.807, 2.05) is 7.05 Å². The number of benzene rings is 1. The zero-order valence-corrected chi connectivity index (χ0v) is 12.3. The zero-order chi connectivity index (χ0) is 14.5. The lowest BCUT2D eigenvalue weighted by atomic mass is 10.0. The molecule has 0 spiro atoms. The van der Waals surface area contributed by atoms with Crippen LogP contribution < -0.4 is 5.32 Å². The minimum atomic E-state index is -0.557. The van der Waals surface area contributed by atoms with Crippen molar-refractivity contribution in [3.05, 3.63) is 46.0 Å². The molecule has 1 unspecified atom stereocenters.